The van der Waals surface area contributed by atoms with Crippen LogP contribution in [0.4, 0.5) is 0 Å². The van der Waals surface area contributed by atoms with Gasteiger partial charge in [0, 0.05) is 37.4 Å². The maximum Gasteiger partial charge on any atom is 0.242 e. The van der Waals surface area contributed by atoms with Gasteiger partial charge in [-0.05, 0) is 43.4 Å². The Labute approximate surface area is 187 Å². The zero-order valence-corrected chi connectivity index (χ0v) is 19.1. The number of unbranched alkanes of at least 4 members (excludes halogenated alkanes) is 2. The van der Waals surface area contributed by atoms with Gasteiger partial charge in [0.05, 0.1) is 13.1 Å². The van der Waals surface area contributed by atoms with Gasteiger partial charge in [-0.3, -0.25) is 9.59 Å². The van der Waals surface area contributed by atoms with Crippen LogP contribution >= 0.6 is 0 Å². The van der Waals surface area contributed by atoms with E-state index in [1.165, 1.54) is 5.56 Å². The molecule has 0 spiro atoms. The van der Waals surface area contributed by atoms with E-state index in [0.717, 1.165) is 50.8 Å². The standard InChI is InChI=1S/C26H37N3O2/c1-3-5-14-25(30)28(17-6-4-2)21-26(31)29(23-15-16-23)20-24-13-10-18-27(24)19-22-11-8-7-9-12-22/h7-13,18,23H,3-6,14-17,19-21H2,1-2H3. The molecule has 0 N–H and O–H groups in total. The van der Waals surface area contributed by atoms with E-state index >= 15 is 0 Å². The predicted molar refractivity (Wildman–Crippen MR) is 125 cm³/mol. The Balaban J connectivity index is 1.67. The highest BCUT2D eigenvalue weighted by Gasteiger charge is 2.34. The third-order valence-electron chi connectivity index (χ3n) is 5.96. The molecule has 0 aliphatic heterocycles. The summed E-state index contributed by atoms with van der Waals surface area (Å²) in [5, 5.41) is 0. The Morgan fingerprint density at radius 2 is 1.71 bits per heavy atom. The molecule has 0 radical (unpaired) electrons. The van der Waals surface area contributed by atoms with Crippen molar-refractivity contribution in [3.8, 4) is 0 Å². The topological polar surface area (TPSA) is 45.6 Å². The lowest BCUT2D eigenvalue weighted by atomic mass is 10.2. The van der Waals surface area contributed by atoms with Crippen molar-refractivity contribution in [3.63, 3.8) is 0 Å². The molecule has 5 nitrogen and oxygen atoms in total. The molecule has 1 aliphatic carbocycles. The third kappa shape index (κ3) is 6.98. The molecule has 31 heavy (non-hydrogen) atoms. The monoisotopic (exact) mass is 423 g/mol. The Hall–Kier alpha value is -2.56. The normalized spacial score (nSPS) is 13.2. The lowest BCUT2D eigenvalue weighted by Gasteiger charge is -2.28. The van der Waals surface area contributed by atoms with E-state index in [2.05, 4.69) is 61.0 Å². The van der Waals surface area contributed by atoms with Gasteiger partial charge in [-0.2, -0.15) is 0 Å². The molecule has 1 heterocycles. The Morgan fingerprint density at radius 1 is 0.968 bits per heavy atom. The fourth-order valence-corrected chi connectivity index (χ4v) is 3.89. The van der Waals surface area contributed by atoms with E-state index in [9.17, 15) is 9.59 Å². The van der Waals surface area contributed by atoms with E-state index in [1.54, 1.807) is 4.90 Å². The average molecular weight is 424 g/mol. The molecular formula is C26H37N3O2. The van der Waals surface area contributed by atoms with Gasteiger partial charge in [-0.1, -0.05) is 57.0 Å². The van der Waals surface area contributed by atoms with Gasteiger partial charge in [0.25, 0.3) is 0 Å². The first-order valence-corrected chi connectivity index (χ1v) is 11.9. The maximum atomic E-state index is 13.3. The minimum atomic E-state index is 0.0795. The highest BCUT2D eigenvalue weighted by atomic mass is 16.2. The van der Waals surface area contributed by atoms with E-state index in [-0.39, 0.29) is 18.4 Å². The molecule has 3 rings (SSSR count). The Bertz CT molecular complexity index is 826. The molecule has 168 valence electrons. The van der Waals surface area contributed by atoms with Crippen molar-refractivity contribution < 1.29 is 9.59 Å². The second-order valence-electron chi connectivity index (χ2n) is 8.64. The number of carbonyl (C=O) groups excluding carboxylic acids is 2. The molecule has 2 amide bonds. The van der Waals surface area contributed by atoms with E-state index in [0.29, 0.717) is 25.6 Å². The number of benzene rings is 1. The van der Waals surface area contributed by atoms with Crippen LogP contribution < -0.4 is 0 Å². The SMILES string of the molecule is CCCCC(=O)N(CCCC)CC(=O)N(Cc1cccn1Cc1ccccc1)C1CC1. The molecule has 1 fully saturated rings. The molecule has 0 bridgehead atoms. The lowest BCUT2D eigenvalue weighted by molar-refractivity contribution is -0.141. The second-order valence-corrected chi connectivity index (χ2v) is 8.64. The molecule has 0 saturated heterocycles. The van der Waals surface area contributed by atoms with E-state index in [4.69, 9.17) is 0 Å². The van der Waals surface area contributed by atoms with Crippen LogP contribution in [0.25, 0.3) is 0 Å². The zero-order chi connectivity index (χ0) is 22.1. The zero-order valence-electron chi connectivity index (χ0n) is 19.1. The summed E-state index contributed by atoms with van der Waals surface area (Å²) >= 11 is 0. The molecule has 0 atom stereocenters. The van der Waals surface area contributed by atoms with Crippen molar-refractivity contribution in [3.05, 3.63) is 59.9 Å². The van der Waals surface area contributed by atoms with Crippen molar-refractivity contribution >= 4 is 11.8 Å². The highest BCUT2D eigenvalue weighted by Crippen LogP contribution is 2.29. The predicted octanol–water partition coefficient (Wildman–Crippen LogP) is 4.85. The van der Waals surface area contributed by atoms with Gasteiger partial charge in [0.1, 0.15) is 0 Å². The number of aromatic nitrogens is 1. The van der Waals surface area contributed by atoms with Gasteiger partial charge in [0.15, 0.2) is 0 Å². The van der Waals surface area contributed by atoms with Crippen LogP contribution in [0, 0.1) is 0 Å². The number of hydrogen-bond donors (Lipinski definition) is 0. The smallest absolute Gasteiger partial charge is 0.242 e. The molecule has 1 aliphatic rings. The van der Waals surface area contributed by atoms with Gasteiger partial charge in [-0.15, -0.1) is 0 Å². The summed E-state index contributed by atoms with van der Waals surface area (Å²) in [5.74, 6) is 0.197. The number of amides is 2. The van der Waals surface area contributed by atoms with Crippen LogP contribution in [0.15, 0.2) is 48.7 Å². The van der Waals surface area contributed by atoms with Crippen molar-refractivity contribution in [2.75, 3.05) is 13.1 Å². The van der Waals surface area contributed by atoms with Crippen molar-refractivity contribution in [1.29, 1.82) is 0 Å². The maximum absolute atomic E-state index is 13.3. The highest BCUT2D eigenvalue weighted by molar-refractivity contribution is 5.85. The fraction of sp³-hybridized carbons (Fsp3) is 0.538. The van der Waals surface area contributed by atoms with Gasteiger partial charge in [-0.25, -0.2) is 0 Å². The van der Waals surface area contributed by atoms with Gasteiger partial charge < -0.3 is 14.4 Å². The summed E-state index contributed by atoms with van der Waals surface area (Å²) in [7, 11) is 0. The van der Waals surface area contributed by atoms with Gasteiger partial charge >= 0.3 is 0 Å². The first-order valence-electron chi connectivity index (χ1n) is 11.9. The first kappa shape index (κ1) is 23.1. The Morgan fingerprint density at radius 3 is 2.39 bits per heavy atom. The minimum absolute atomic E-state index is 0.0795. The van der Waals surface area contributed by atoms with Crippen LogP contribution in [0.5, 0.6) is 0 Å². The number of carbonyl (C=O) groups is 2. The molecule has 1 saturated carbocycles. The van der Waals surface area contributed by atoms with E-state index < -0.39 is 0 Å². The summed E-state index contributed by atoms with van der Waals surface area (Å²) in [6.45, 7) is 6.50. The summed E-state index contributed by atoms with van der Waals surface area (Å²) in [4.78, 5) is 29.8. The molecule has 5 heteroatoms. The minimum Gasteiger partial charge on any atom is -0.345 e. The van der Waals surface area contributed by atoms with Gasteiger partial charge in [0.2, 0.25) is 11.8 Å². The van der Waals surface area contributed by atoms with Crippen molar-refractivity contribution in [1.82, 2.24) is 14.4 Å². The van der Waals surface area contributed by atoms with Crippen molar-refractivity contribution in [2.45, 2.75) is 77.9 Å². The van der Waals surface area contributed by atoms with Crippen LogP contribution in [-0.4, -0.2) is 45.3 Å². The number of rotatable bonds is 13. The fourth-order valence-electron chi connectivity index (χ4n) is 3.89. The van der Waals surface area contributed by atoms with Crippen LogP contribution in [0.1, 0.15) is 70.1 Å². The lowest BCUT2D eigenvalue weighted by Crippen LogP contribution is -2.44. The average Bonchev–Trinajstić information content (AvgIpc) is 3.53. The van der Waals surface area contributed by atoms with Crippen molar-refractivity contribution in [2.24, 2.45) is 0 Å². The number of hydrogen-bond acceptors (Lipinski definition) is 2. The molecule has 2 aromatic rings. The molecule has 1 aromatic carbocycles. The molecule has 0 unspecified atom stereocenters. The number of nitrogens with zero attached hydrogens (tertiary/aromatic N) is 3. The first-order chi connectivity index (χ1) is 15.1. The largest absolute Gasteiger partial charge is 0.345 e. The third-order valence-corrected chi connectivity index (χ3v) is 5.96. The molecular weight excluding hydrogens is 386 g/mol. The summed E-state index contributed by atoms with van der Waals surface area (Å²) in [6.07, 6.45) is 8.58. The summed E-state index contributed by atoms with van der Waals surface area (Å²) < 4.78 is 2.22. The summed E-state index contributed by atoms with van der Waals surface area (Å²) in [6, 6.07) is 14.9. The van der Waals surface area contributed by atoms with Crippen LogP contribution in [0.3, 0.4) is 0 Å². The van der Waals surface area contributed by atoms with Crippen LogP contribution in [0.2, 0.25) is 0 Å². The quantitative estimate of drug-likeness (QED) is 0.462. The molecule has 1 aromatic heterocycles. The van der Waals surface area contributed by atoms with E-state index in [1.807, 2.05) is 11.0 Å². The van der Waals surface area contributed by atoms with Crippen LogP contribution in [-0.2, 0) is 22.7 Å². The second kappa shape index (κ2) is 11.7. The Kier molecular flexibility index (Phi) is 8.74. The summed E-state index contributed by atoms with van der Waals surface area (Å²) in [5.41, 5.74) is 2.39.